The molecule has 0 aliphatic rings. The molecule has 4 rings (SSSR count). The van der Waals surface area contributed by atoms with Gasteiger partial charge in [0, 0.05) is 17.0 Å². The van der Waals surface area contributed by atoms with Gasteiger partial charge in [0.1, 0.15) is 5.75 Å². The molecular formula is C24H21N3O3S. The molecule has 0 spiro atoms. The molecule has 3 aromatic carbocycles. The average molecular weight is 432 g/mol. The Labute approximate surface area is 184 Å². The summed E-state index contributed by atoms with van der Waals surface area (Å²) in [6.45, 7) is 0. The first-order chi connectivity index (χ1) is 15.2. The highest BCUT2D eigenvalue weighted by Crippen LogP contribution is 2.23. The van der Waals surface area contributed by atoms with Gasteiger partial charge >= 0.3 is 0 Å². The van der Waals surface area contributed by atoms with Crippen LogP contribution in [0.25, 0.3) is 0 Å². The average Bonchev–Trinajstić information content (AvgIpc) is 3.26. The van der Waals surface area contributed by atoms with Crippen molar-refractivity contribution in [2.45, 2.75) is 17.4 Å². The van der Waals surface area contributed by atoms with Crippen molar-refractivity contribution in [3.05, 3.63) is 101 Å². The van der Waals surface area contributed by atoms with Crippen molar-refractivity contribution in [2.75, 3.05) is 12.4 Å². The van der Waals surface area contributed by atoms with Crippen molar-refractivity contribution >= 4 is 23.4 Å². The fourth-order valence-corrected chi connectivity index (χ4v) is 3.64. The van der Waals surface area contributed by atoms with Crippen LogP contribution in [0, 0.1) is 0 Å². The molecule has 0 fully saturated rings. The number of amides is 1. The third-order valence-electron chi connectivity index (χ3n) is 4.57. The monoisotopic (exact) mass is 431 g/mol. The quantitative estimate of drug-likeness (QED) is 0.386. The first kappa shape index (κ1) is 20.7. The van der Waals surface area contributed by atoms with E-state index >= 15 is 0 Å². The zero-order valence-corrected chi connectivity index (χ0v) is 17.8. The highest BCUT2D eigenvalue weighted by molar-refractivity contribution is 7.98. The van der Waals surface area contributed by atoms with Crippen molar-refractivity contribution in [1.82, 2.24) is 10.2 Å². The Balaban J connectivity index is 1.29. The third-order valence-corrected chi connectivity index (χ3v) is 5.46. The number of carbonyl (C=O) groups is 1. The number of nitrogens with zero attached hydrogens (tertiary/aromatic N) is 2. The minimum absolute atomic E-state index is 0.134. The van der Waals surface area contributed by atoms with E-state index in [0.717, 1.165) is 22.6 Å². The van der Waals surface area contributed by atoms with Crippen LogP contribution < -0.4 is 10.1 Å². The summed E-state index contributed by atoms with van der Waals surface area (Å²) in [5, 5.41) is 11.6. The first-order valence-electron chi connectivity index (χ1n) is 9.73. The van der Waals surface area contributed by atoms with E-state index < -0.39 is 0 Å². The zero-order valence-electron chi connectivity index (χ0n) is 16.9. The molecule has 0 aliphatic heterocycles. The van der Waals surface area contributed by atoms with Crippen molar-refractivity contribution in [1.29, 1.82) is 0 Å². The Hall–Kier alpha value is -3.58. The van der Waals surface area contributed by atoms with Crippen molar-refractivity contribution in [3.63, 3.8) is 0 Å². The van der Waals surface area contributed by atoms with E-state index in [9.17, 15) is 4.79 Å². The minimum Gasteiger partial charge on any atom is -0.497 e. The smallest absolute Gasteiger partial charge is 0.276 e. The summed E-state index contributed by atoms with van der Waals surface area (Å²) in [5.41, 5.74) is 3.52. The summed E-state index contributed by atoms with van der Waals surface area (Å²) in [4.78, 5) is 12.3. The van der Waals surface area contributed by atoms with E-state index in [-0.39, 0.29) is 5.91 Å². The van der Waals surface area contributed by atoms with Gasteiger partial charge in [-0.3, -0.25) is 4.79 Å². The van der Waals surface area contributed by atoms with Gasteiger partial charge in [-0.1, -0.05) is 54.2 Å². The molecule has 1 aromatic heterocycles. The Morgan fingerprint density at radius 3 is 2.35 bits per heavy atom. The molecule has 0 saturated carbocycles. The van der Waals surface area contributed by atoms with Crippen LogP contribution in [0.15, 0.2) is 88.5 Å². The number of ether oxygens (including phenoxy) is 1. The molecule has 7 heteroatoms. The maximum atomic E-state index is 12.3. The highest BCUT2D eigenvalue weighted by atomic mass is 32.2. The van der Waals surface area contributed by atoms with Crippen LogP contribution in [0.3, 0.4) is 0 Å². The summed E-state index contributed by atoms with van der Waals surface area (Å²) in [5.74, 6) is 1.92. The van der Waals surface area contributed by atoms with Crippen LogP contribution >= 0.6 is 11.8 Å². The van der Waals surface area contributed by atoms with Crippen LogP contribution in [0.5, 0.6) is 5.75 Å². The van der Waals surface area contributed by atoms with Gasteiger partial charge in [-0.05, 0) is 47.5 Å². The predicted octanol–water partition coefficient (Wildman–Crippen LogP) is 5.21. The lowest BCUT2D eigenvalue weighted by atomic mass is 10.1. The topological polar surface area (TPSA) is 77.2 Å². The van der Waals surface area contributed by atoms with Gasteiger partial charge in [0.2, 0.25) is 5.89 Å². The first-order valence-corrected chi connectivity index (χ1v) is 10.7. The maximum Gasteiger partial charge on any atom is 0.276 e. The number of carbonyl (C=O) groups excluding carboxylic acids is 1. The molecule has 156 valence electrons. The molecule has 1 heterocycles. The lowest BCUT2D eigenvalue weighted by Gasteiger charge is -2.06. The Kier molecular flexibility index (Phi) is 6.64. The molecule has 0 atom stereocenters. The van der Waals surface area contributed by atoms with E-state index in [4.69, 9.17) is 9.15 Å². The van der Waals surface area contributed by atoms with Gasteiger partial charge in [0.15, 0.2) is 0 Å². The molecule has 0 bridgehead atoms. The van der Waals surface area contributed by atoms with Gasteiger partial charge < -0.3 is 14.5 Å². The molecule has 4 aromatic rings. The van der Waals surface area contributed by atoms with Gasteiger partial charge in [-0.25, -0.2) is 0 Å². The largest absolute Gasteiger partial charge is 0.497 e. The van der Waals surface area contributed by atoms with Crippen molar-refractivity contribution in [3.8, 4) is 5.75 Å². The summed E-state index contributed by atoms with van der Waals surface area (Å²) in [7, 11) is 1.64. The number of benzene rings is 3. The number of aromatic nitrogens is 2. The summed E-state index contributed by atoms with van der Waals surface area (Å²) >= 11 is 1.47. The Morgan fingerprint density at radius 2 is 1.65 bits per heavy atom. The number of para-hydroxylation sites is 1. The molecule has 0 radical (unpaired) electrons. The van der Waals surface area contributed by atoms with Crippen LogP contribution in [-0.4, -0.2) is 23.2 Å². The maximum absolute atomic E-state index is 12.3. The van der Waals surface area contributed by atoms with Crippen LogP contribution in [0.1, 0.15) is 27.4 Å². The van der Waals surface area contributed by atoms with Crippen molar-refractivity contribution < 1.29 is 13.9 Å². The number of hydrogen-bond donors (Lipinski definition) is 1. The van der Waals surface area contributed by atoms with Gasteiger partial charge in [0.05, 0.1) is 13.5 Å². The molecule has 31 heavy (non-hydrogen) atoms. The Morgan fingerprint density at radius 1 is 0.935 bits per heavy atom. The molecule has 1 amide bonds. The molecule has 0 unspecified atom stereocenters. The standard InChI is InChI=1S/C24H21N3O3S/c1-29-21-13-9-17(10-14-21)15-22-26-27-24(30-22)31-16-18-7-11-19(12-8-18)23(28)25-20-5-3-2-4-6-20/h2-14H,15-16H2,1H3,(H,25,28). The third kappa shape index (κ3) is 5.73. The van der Waals surface area contributed by atoms with Gasteiger partial charge in [-0.2, -0.15) is 0 Å². The lowest BCUT2D eigenvalue weighted by molar-refractivity contribution is 0.102. The highest BCUT2D eigenvalue weighted by Gasteiger charge is 2.10. The van der Waals surface area contributed by atoms with E-state index in [1.807, 2.05) is 78.9 Å². The summed E-state index contributed by atoms with van der Waals surface area (Å²) in [6.07, 6.45) is 0.572. The molecule has 6 nitrogen and oxygen atoms in total. The summed E-state index contributed by atoms with van der Waals surface area (Å²) < 4.78 is 10.9. The predicted molar refractivity (Wildman–Crippen MR) is 120 cm³/mol. The summed E-state index contributed by atoms with van der Waals surface area (Å²) in [6, 6.07) is 24.7. The second kappa shape index (κ2) is 9.95. The molecular weight excluding hydrogens is 410 g/mol. The second-order valence-electron chi connectivity index (χ2n) is 6.79. The normalized spacial score (nSPS) is 10.6. The molecule has 0 saturated heterocycles. The minimum atomic E-state index is -0.134. The van der Waals surface area contributed by atoms with E-state index in [0.29, 0.717) is 28.9 Å². The van der Waals surface area contributed by atoms with Crippen LogP contribution in [0.4, 0.5) is 5.69 Å². The zero-order chi connectivity index (χ0) is 21.5. The number of thioether (sulfide) groups is 1. The number of methoxy groups -OCH3 is 1. The fourth-order valence-electron chi connectivity index (χ4n) is 2.91. The van der Waals surface area contributed by atoms with Crippen LogP contribution in [-0.2, 0) is 12.2 Å². The van der Waals surface area contributed by atoms with E-state index in [1.165, 1.54) is 11.8 Å². The number of rotatable bonds is 8. The number of hydrogen-bond acceptors (Lipinski definition) is 6. The Bertz CT molecular complexity index is 1130. The van der Waals surface area contributed by atoms with Crippen molar-refractivity contribution in [2.24, 2.45) is 0 Å². The van der Waals surface area contributed by atoms with E-state index in [1.54, 1.807) is 7.11 Å². The number of nitrogens with one attached hydrogen (secondary N) is 1. The van der Waals surface area contributed by atoms with Gasteiger partial charge in [-0.15, -0.1) is 10.2 Å². The fraction of sp³-hybridized carbons (Fsp3) is 0.125. The number of anilines is 1. The van der Waals surface area contributed by atoms with E-state index in [2.05, 4.69) is 15.5 Å². The second-order valence-corrected chi connectivity index (χ2v) is 7.72. The SMILES string of the molecule is COc1ccc(Cc2nnc(SCc3ccc(C(=O)Nc4ccccc4)cc3)o2)cc1. The molecule has 1 N–H and O–H groups in total. The lowest BCUT2D eigenvalue weighted by Crippen LogP contribution is -2.11. The van der Waals surface area contributed by atoms with Crippen LogP contribution in [0.2, 0.25) is 0 Å². The molecule has 0 aliphatic carbocycles. The van der Waals surface area contributed by atoms with Gasteiger partial charge in [0.25, 0.3) is 11.1 Å².